The van der Waals surface area contributed by atoms with Gasteiger partial charge in [-0.3, -0.25) is 4.18 Å². The molecule has 0 unspecified atom stereocenters. The van der Waals surface area contributed by atoms with Gasteiger partial charge in [-0.1, -0.05) is 85.0 Å². The highest BCUT2D eigenvalue weighted by molar-refractivity contribution is 7.87. The van der Waals surface area contributed by atoms with Crippen molar-refractivity contribution in [3.8, 4) is 0 Å². The molecule has 0 aromatic rings. The third-order valence-corrected chi connectivity index (χ3v) is 5.95. The van der Waals surface area contributed by atoms with Crippen LogP contribution in [0.4, 0.5) is 0 Å². The molecule has 0 saturated carbocycles. The van der Waals surface area contributed by atoms with Gasteiger partial charge in [-0.15, -0.1) is 0 Å². The quantitative estimate of drug-likeness (QED) is 0.263. The maximum absolute atomic E-state index is 12.3. The highest BCUT2D eigenvalue weighted by Gasteiger charge is 2.25. The molecule has 0 spiro atoms. The van der Waals surface area contributed by atoms with Gasteiger partial charge in [-0.2, -0.15) is 8.42 Å². The summed E-state index contributed by atoms with van der Waals surface area (Å²) >= 11 is 0. The molecular weight excluding hydrogens is 296 g/mol. The first-order valence-electron chi connectivity index (χ1n) is 9.46. The fourth-order valence-corrected chi connectivity index (χ4v) is 4.08. The smallest absolute Gasteiger partial charge is 0.270 e. The van der Waals surface area contributed by atoms with Gasteiger partial charge in [0.1, 0.15) is 0 Å². The molecule has 0 aromatic carbocycles. The molecule has 0 amide bonds. The van der Waals surface area contributed by atoms with Crippen molar-refractivity contribution >= 4 is 10.1 Å². The molecule has 0 aliphatic carbocycles. The minimum absolute atomic E-state index is 0.290. The average molecular weight is 335 g/mol. The Balaban J connectivity index is 4.22. The second kappa shape index (κ2) is 14.5. The summed E-state index contributed by atoms with van der Waals surface area (Å²) < 4.78 is 29.9. The Morgan fingerprint density at radius 1 is 0.682 bits per heavy atom. The summed E-state index contributed by atoms with van der Waals surface area (Å²) in [7, 11) is -3.37. The van der Waals surface area contributed by atoms with Gasteiger partial charge in [0.15, 0.2) is 0 Å². The summed E-state index contributed by atoms with van der Waals surface area (Å²) in [5, 5.41) is -0.290. The van der Waals surface area contributed by atoms with Crippen molar-refractivity contribution in [3.05, 3.63) is 0 Å². The maximum atomic E-state index is 12.3. The maximum Gasteiger partial charge on any atom is 0.270 e. The largest absolute Gasteiger partial charge is 0.270 e. The number of hydrogen-bond donors (Lipinski definition) is 0. The van der Waals surface area contributed by atoms with E-state index in [0.717, 1.165) is 57.8 Å². The Kier molecular flexibility index (Phi) is 14.4. The van der Waals surface area contributed by atoms with E-state index >= 15 is 0 Å². The lowest BCUT2D eigenvalue weighted by molar-refractivity contribution is 0.300. The highest BCUT2D eigenvalue weighted by Crippen LogP contribution is 2.20. The standard InChI is InChI=1S/C18H38O3S/c1-4-7-10-11-12-14-16-18(15-13-8-5-2)22(19,20)21-17-9-6-3/h18H,4-17H2,1-3H3/t18-/m0/s1. The zero-order valence-corrected chi connectivity index (χ0v) is 15.9. The fraction of sp³-hybridized carbons (Fsp3) is 1.00. The summed E-state index contributed by atoms with van der Waals surface area (Å²) in [6.07, 6.45) is 13.7. The van der Waals surface area contributed by atoms with Crippen molar-refractivity contribution in [1.29, 1.82) is 0 Å². The minimum atomic E-state index is -3.37. The van der Waals surface area contributed by atoms with E-state index in [0.29, 0.717) is 6.61 Å². The molecule has 0 N–H and O–H groups in total. The molecule has 3 nitrogen and oxygen atoms in total. The van der Waals surface area contributed by atoms with Gasteiger partial charge in [-0.25, -0.2) is 0 Å². The SMILES string of the molecule is CCCCCCCC[C@H](CCCCC)S(=O)(=O)OCCCC. The van der Waals surface area contributed by atoms with Gasteiger partial charge >= 0.3 is 0 Å². The van der Waals surface area contributed by atoms with Crippen LogP contribution in [0.1, 0.15) is 104 Å². The van der Waals surface area contributed by atoms with Gasteiger partial charge in [0, 0.05) is 0 Å². The summed E-state index contributed by atoms with van der Waals surface area (Å²) in [4.78, 5) is 0. The van der Waals surface area contributed by atoms with Crippen LogP contribution < -0.4 is 0 Å². The minimum Gasteiger partial charge on any atom is -0.270 e. The first-order chi connectivity index (χ1) is 10.6. The molecule has 22 heavy (non-hydrogen) atoms. The van der Waals surface area contributed by atoms with Gasteiger partial charge in [0.2, 0.25) is 0 Å². The summed E-state index contributed by atoms with van der Waals surface area (Å²) in [6, 6.07) is 0. The van der Waals surface area contributed by atoms with Crippen LogP contribution in [0, 0.1) is 0 Å². The van der Waals surface area contributed by atoms with E-state index < -0.39 is 10.1 Å². The number of unbranched alkanes of at least 4 members (excludes halogenated alkanes) is 8. The first-order valence-corrected chi connectivity index (χ1v) is 10.9. The molecular formula is C18H38O3S. The topological polar surface area (TPSA) is 43.4 Å². The van der Waals surface area contributed by atoms with Crippen LogP contribution in [0.5, 0.6) is 0 Å². The molecule has 134 valence electrons. The monoisotopic (exact) mass is 334 g/mol. The molecule has 1 atom stereocenters. The van der Waals surface area contributed by atoms with Crippen LogP contribution in [0.3, 0.4) is 0 Å². The molecule has 0 aliphatic heterocycles. The molecule has 0 fully saturated rings. The molecule has 0 aromatic heterocycles. The highest BCUT2D eigenvalue weighted by atomic mass is 32.2. The van der Waals surface area contributed by atoms with Crippen LogP contribution >= 0.6 is 0 Å². The second-order valence-electron chi connectivity index (χ2n) is 6.34. The van der Waals surface area contributed by atoms with E-state index in [9.17, 15) is 8.42 Å². The van der Waals surface area contributed by atoms with Gasteiger partial charge in [-0.05, 0) is 19.3 Å². The molecule has 0 radical (unpaired) electrons. The predicted octanol–water partition coefficient (Wildman–Crippen LogP) is 5.83. The molecule has 0 heterocycles. The number of hydrogen-bond acceptors (Lipinski definition) is 3. The van der Waals surface area contributed by atoms with Crippen LogP contribution in [0.15, 0.2) is 0 Å². The normalized spacial score (nSPS) is 13.4. The molecule has 0 bridgehead atoms. The van der Waals surface area contributed by atoms with Crippen LogP contribution in [-0.2, 0) is 14.3 Å². The van der Waals surface area contributed by atoms with E-state index in [2.05, 4.69) is 13.8 Å². The van der Waals surface area contributed by atoms with Crippen molar-refractivity contribution < 1.29 is 12.6 Å². The Labute approximate surface area is 139 Å². The van der Waals surface area contributed by atoms with Crippen molar-refractivity contribution in [2.45, 2.75) is 109 Å². The summed E-state index contributed by atoms with van der Waals surface area (Å²) in [5.74, 6) is 0. The predicted molar refractivity (Wildman–Crippen MR) is 95.7 cm³/mol. The van der Waals surface area contributed by atoms with Gasteiger partial charge < -0.3 is 0 Å². The second-order valence-corrected chi connectivity index (χ2v) is 8.23. The third kappa shape index (κ3) is 11.5. The lowest BCUT2D eigenvalue weighted by Crippen LogP contribution is -2.24. The van der Waals surface area contributed by atoms with Crippen LogP contribution in [-0.4, -0.2) is 20.3 Å². The lowest BCUT2D eigenvalue weighted by atomic mass is 10.0. The van der Waals surface area contributed by atoms with Crippen LogP contribution in [0.25, 0.3) is 0 Å². The molecule has 0 aliphatic rings. The third-order valence-electron chi connectivity index (χ3n) is 4.16. The van der Waals surface area contributed by atoms with E-state index in [1.165, 1.54) is 25.7 Å². The molecule has 4 heteroatoms. The Morgan fingerprint density at radius 3 is 1.73 bits per heavy atom. The van der Waals surface area contributed by atoms with Crippen LogP contribution in [0.2, 0.25) is 0 Å². The van der Waals surface area contributed by atoms with E-state index in [1.807, 2.05) is 6.92 Å². The first kappa shape index (κ1) is 21.9. The van der Waals surface area contributed by atoms with Crippen molar-refractivity contribution in [3.63, 3.8) is 0 Å². The zero-order chi connectivity index (χ0) is 16.7. The van der Waals surface area contributed by atoms with Gasteiger partial charge in [0.05, 0.1) is 11.9 Å². The van der Waals surface area contributed by atoms with E-state index in [-0.39, 0.29) is 5.25 Å². The van der Waals surface area contributed by atoms with Crippen molar-refractivity contribution in [2.24, 2.45) is 0 Å². The van der Waals surface area contributed by atoms with Crippen molar-refractivity contribution in [2.75, 3.05) is 6.61 Å². The molecule has 0 saturated heterocycles. The Hall–Kier alpha value is -0.0900. The summed E-state index contributed by atoms with van der Waals surface area (Å²) in [5.41, 5.74) is 0. The Bertz CT molecular complexity index is 325. The fourth-order valence-electron chi connectivity index (χ4n) is 2.62. The summed E-state index contributed by atoms with van der Waals surface area (Å²) in [6.45, 7) is 6.75. The van der Waals surface area contributed by atoms with Gasteiger partial charge in [0.25, 0.3) is 10.1 Å². The molecule has 0 rings (SSSR count). The zero-order valence-electron chi connectivity index (χ0n) is 15.1. The average Bonchev–Trinajstić information content (AvgIpc) is 2.49. The Morgan fingerprint density at radius 2 is 1.14 bits per heavy atom. The van der Waals surface area contributed by atoms with E-state index in [1.54, 1.807) is 0 Å². The lowest BCUT2D eigenvalue weighted by Gasteiger charge is -2.17. The number of rotatable bonds is 16. The van der Waals surface area contributed by atoms with E-state index in [4.69, 9.17) is 4.18 Å². The van der Waals surface area contributed by atoms with Crippen molar-refractivity contribution in [1.82, 2.24) is 0 Å².